The van der Waals surface area contributed by atoms with E-state index in [1.807, 2.05) is 13.0 Å². The Balaban J connectivity index is 3.17. The lowest BCUT2D eigenvalue weighted by molar-refractivity contribution is 0.466. The summed E-state index contributed by atoms with van der Waals surface area (Å²) >= 11 is 4.19. The molecule has 1 aromatic rings. The van der Waals surface area contributed by atoms with Crippen LogP contribution in [0.15, 0.2) is 23.1 Å². The van der Waals surface area contributed by atoms with Gasteiger partial charge in [-0.1, -0.05) is 13.0 Å². The van der Waals surface area contributed by atoms with Crippen LogP contribution in [0.5, 0.6) is 5.75 Å². The molecule has 0 heterocycles. The largest absolute Gasteiger partial charge is 0.508 e. The number of rotatable bonds is 1. The van der Waals surface area contributed by atoms with Crippen LogP contribution < -0.4 is 0 Å². The van der Waals surface area contributed by atoms with Gasteiger partial charge in [-0.3, -0.25) is 0 Å². The number of thiol groups is 1. The molecule has 0 bridgehead atoms. The normalized spacial score (nSPS) is 9.80. The number of hydrogen-bond acceptors (Lipinski definition) is 2. The first-order valence-corrected chi connectivity index (χ1v) is 3.70. The van der Waals surface area contributed by atoms with Gasteiger partial charge in [-0.05, 0) is 18.6 Å². The molecule has 0 aliphatic rings. The van der Waals surface area contributed by atoms with Gasteiger partial charge in [0.25, 0.3) is 0 Å². The number of phenolic OH excluding ortho intramolecular Hbond substituents is 1. The van der Waals surface area contributed by atoms with Crippen molar-refractivity contribution < 1.29 is 5.11 Å². The van der Waals surface area contributed by atoms with Crippen molar-refractivity contribution in [3.8, 4) is 5.75 Å². The van der Waals surface area contributed by atoms with E-state index in [0.717, 1.165) is 16.9 Å². The van der Waals surface area contributed by atoms with Crippen molar-refractivity contribution in [3.05, 3.63) is 23.8 Å². The monoisotopic (exact) mass is 154 g/mol. The molecule has 54 valence electrons. The van der Waals surface area contributed by atoms with Crippen molar-refractivity contribution in [3.63, 3.8) is 0 Å². The van der Waals surface area contributed by atoms with E-state index in [2.05, 4.69) is 12.6 Å². The topological polar surface area (TPSA) is 20.2 Å². The minimum Gasteiger partial charge on any atom is -0.508 e. The Morgan fingerprint density at radius 3 is 2.60 bits per heavy atom. The molecular weight excluding hydrogens is 144 g/mol. The van der Waals surface area contributed by atoms with Gasteiger partial charge >= 0.3 is 0 Å². The van der Waals surface area contributed by atoms with Crippen LogP contribution in [-0.2, 0) is 6.42 Å². The molecule has 1 N–H and O–H groups in total. The van der Waals surface area contributed by atoms with E-state index >= 15 is 0 Å². The summed E-state index contributed by atoms with van der Waals surface area (Å²) in [7, 11) is 0. The van der Waals surface area contributed by atoms with Crippen molar-refractivity contribution >= 4 is 12.6 Å². The average Bonchev–Trinajstić information content (AvgIpc) is 1.88. The highest BCUT2D eigenvalue weighted by Gasteiger charge is 2.00. The zero-order chi connectivity index (χ0) is 7.56. The average molecular weight is 154 g/mol. The maximum Gasteiger partial charge on any atom is 0.119 e. The molecule has 10 heavy (non-hydrogen) atoms. The zero-order valence-electron chi connectivity index (χ0n) is 5.83. The van der Waals surface area contributed by atoms with Gasteiger partial charge in [0.2, 0.25) is 0 Å². The van der Waals surface area contributed by atoms with Crippen LogP contribution in [0.2, 0.25) is 0 Å². The lowest BCUT2D eigenvalue weighted by Crippen LogP contribution is -1.82. The fourth-order valence-electron chi connectivity index (χ4n) is 0.925. The lowest BCUT2D eigenvalue weighted by Gasteiger charge is -2.02. The van der Waals surface area contributed by atoms with Crippen molar-refractivity contribution in [2.45, 2.75) is 18.2 Å². The van der Waals surface area contributed by atoms with Crippen LogP contribution in [-0.4, -0.2) is 5.11 Å². The molecule has 0 aliphatic heterocycles. The van der Waals surface area contributed by atoms with E-state index in [4.69, 9.17) is 0 Å². The molecule has 2 heteroatoms. The van der Waals surface area contributed by atoms with Gasteiger partial charge in [-0.2, -0.15) is 0 Å². The molecule has 0 spiro atoms. The Morgan fingerprint density at radius 1 is 1.50 bits per heavy atom. The van der Waals surface area contributed by atoms with Gasteiger partial charge in [0.1, 0.15) is 5.75 Å². The Hall–Kier alpha value is -0.630. The highest BCUT2D eigenvalue weighted by Crippen LogP contribution is 2.23. The fourth-order valence-corrected chi connectivity index (χ4v) is 1.28. The molecule has 0 amide bonds. The lowest BCUT2D eigenvalue weighted by atomic mass is 10.1. The van der Waals surface area contributed by atoms with Crippen LogP contribution >= 0.6 is 12.6 Å². The maximum atomic E-state index is 9.24. The Morgan fingerprint density at radius 2 is 2.20 bits per heavy atom. The van der Waals surface area contributed by atoms with Crippen LogP contribution in [0, 0.1) is 0 Å². The second-order valence-corrected chi connectivity index (χ2v) is 2.61. The molecule has 0 saturated carbocycles. The third-order valence-corrected chi connectivity index (χ3v) is 1.90. The zero-order valence-corrected chi connectivity index (χ0v) is 6.73. The Labute approximate surface area is 66.1 Å². The minimum absolute atomic E-state index is 0.343. The molecule has 0 unspecified atom stereocenters. The second kappa shape index (κ2) is 2.97. The first kappa shape index (κ1) is 7.48. The molecule has 1 rings (SSSR count). The molecule has 0 atom stereocenters. The highest BCUT2D eigenvalue weighted by molar-refractivity contribution is 7.80. The van der Waals surface area contributed by atoms with E-state index in [1.54, 1.807) is 12.1 Å². The quantitative estimate of drug-likeness (QED) is 0.594. The number of phenols is 1. The van der Waals surface area contributed by atoms with Gasteiger partial charge in [-0.15, -0.1) is 12.6 Å². The minimum atomic E-state index is 0.343. The summed E-state index contributed by atoms with van der Waals surface area (Å²) in [5.74, 6) is 0.343. The van der Waals surface area contributed by atoms with E-state index in [9.17, 15) is 5.11 Å². The first-order chi connectivity index (χ1) is 4.75. The summed E-state index contributed by atoms with van der Waals surface area (Å²) < 4.78 is 0. The van der Waals surface area contributed by atoms with Gasteiger partial charge in [0, 0.05) is 10.5 Å². The third-order valence-electron chi connectivity index (χ3n) is 1.48. The smallest absolute Gasteiger partial charge is 0.119 e. The third kappa shape index (κ3) is 1.27. The van der Waals surface area contributed by atoms with Crippen LogP contribution in [0.4, 0.5) is 0 Å². The Kier molecular flexibility index (Phi) is 2.22. The molecule has 0 radical (unpaired) electrons. The second-order valence-electron chi connectivity index (χ2n) is 2.13. The standard InChI is InChI=1S/C8H10OS/c1-2-6-7(9)4-3-5-8(6)10/h3-5,9-10H,2H2,1H3. The van der Waals surface area contributed by atoms with E-state index in [-0.39, 0.29) is 0 Å². The fraction of sp³-hybridized carbons (Fsp3) is 0.250. The van der Waals surface area contributed by atoms with Gasteiger partial charge in [0.15, 0.2) is 0 Å². The number of benzene rings is 1. The molecule has 1 nitrogen and oxygen atoms in total. The summed E-state index contributed by atoms with van der Waals surface area (Å²) in [5.41, 5.74) is 0.922. The van der Waals surface area contributed by atoms with Crippen LogP contribution in [0.25, 0.3) is 0 Å². The van der Waals surface area contributed by atoms with E-state index in [1.165, 1.54) is 0 Å². The van der Waals surface area contributed by atoms with Crippen molar-refractivity contribution in [2.75, 3.05) is 0 Å². The predicted molar refractivity (Wildman–Crippen MR) is 44.7 cm³/mol. The van der Waals surface area contributed by atoms with E-state index in [0.29, 0.717) is 5.75 Å². The van der Waals surface area contributed by atoms with Crippen molar-refractivity contribution in [1.82, 2.24) is 0 Å². The summed E-state index contributed by atoms with van der Waals surface area (Å²) in [4.78, 5) is 0.863. The van der Waals surface area contributed by atoms with Crippen molar-refractivity contribution in [1.29, 1.82) is 0 Å². The summed E-state index contributed by atoms with van der Waals surface area (Å²) in [6.45, 7) is 1.99. The molecule has 1 aromatic carbocycles. The number of hydrogen-bond donors (Lipinski definition) is 2. The number of aromatic hydroxyl groups is 1. The van der Waals surface area contributed by atoms with Crippen LogP contribution in [0.3, 0.4) is 0 Å². The summed E-state index contributed by atoms with van der Waals surface area (Å²) in [5, 5.41) is 9.24. The van der Waals surface area contributed by atoms with E-state index < -0.39 is 0 Å². The van der Waals surface area contributed by atoms with Crippen LogP contribution in [0.1, 0.15) is 12.5 Å². The molecule has 0 aliphatic carbocycles. The SMILES string of the molecule is CCc1c(O)cccc1S. The summed E-state index contributed by atoms with van der Waals surface area (Å²) in [6.07, 6.45) is 0.825. The highest BCUT2D eigenvalue weighted by atomic mass is 32.1. The van der Waals surface area contributed by atoms with Gasteiger partial charge in [0.05, 0.1) is 0 Å². The van der Waals surface area contributed by atoms with Crippen molar-refractivity contribution in [2.24, 2.45) is 0 Å². The van der Waals surface area contributed by atoms with Gasteiger partial charge in [-0.25, -0.2) is 0 Å². The molecule has 0 fully saturated rings. The van der Waals surface area contributed by atoms with Gasteiger partial charge < -0.3 is 5.11 Å². The molecular formula is C8H10OS. The predicted octanol–water partition coefficient (Wildman–Crippen LogP) is 2.24. The Bertz CT molecular complexity index is 212. The maximum absolute atomic E-state index is 9.24. The summed E-state index contributed by atoms with van der Waals surface area (Å²) in [6, 6.07) is 5.34. The molecule has 0 saturated heterocycles. The first-order valence-electron chi connectivity index (χ1n) is 3.25. The molecule has 0 aromatic heterocycles.